The zero-order valence-electron chi connectivity index (χ0n) is 15.2. The predicted molar refractivity (Wildman–Crippen MR) is 96.5 cm³/mol. The van der Waals surface area contributed by atoms with Crippen LogP contribution in [0.1, 0.15) is 48.9 Å². The van der Waals surface area contributed by atoms with Crippen LogP contribution in [0.15, 0.2) is 12.4 Å². The van der Waals surface area contributed by atoms with Gasteiger partial charge in [-0.05, 0) is 45.7 Å². The molecule has 2 aromatic rings. The molecule has 0 saturated carbocycles. The molecule has 2 fully saturated rings. The van der Waals surface area contributed by atoms with Gasteiger partial charge in [0.15, 0.2) is 0 Å². The summed E-state index contributed by atoms with van der Waals surface area (Å²) in [5, 5.41) is 9.05. The van der Waals surface area contributed by atoms with E-state index < -0.39 is 0 Å². The fourth-order valence-corrected chi connectivity index (χ4v) is 4.10. The Morgan fingerprint density at radius 3 is 2.64 bits per heavy atom. The molecule has 0 aromatic carbocycles. The Hall–Kier alpha value is -2.02. The van der Waals surface area contributed by atoms with Crippen LogP contribution in [0.25, 0.3) is 0 Å². The van der Waals surface area contributed by atoms with E-state index in [2.05, 4.69) is 41.6 Å². The summed E-state index contributed by atoms with van der Waals surface area (Å²) in [6.07, 6.45) is 8.45. The van der Waals surface area contributed by atoms with Crippen molar-refractivity contribution >= 4 is 5.82 Å². The molecular formula is C18H27N7. The van der Waals surface area contributed by atoms with Crippen LogP contribution in [0.5, 0.6) is 0 Å². The van der Waals surface area contributed by atoms with Crippen LogP contribution in [0, 0.1) is 6.92 Å². The minimum atomic E-state index is 0.403. The Morgan fingerprint density at radius 2 is 1.84 bits per heavy atom. The van der Waals surface area contributed by atoms with Crippen molar-refractivity contribution in [3.05, 3.63) is 29.7 Å². The standard InChI is InChI=1S/C18H27N7/c1-14-17(20-8-7-19-14)25-11-5-6-15(12-25)18-22-21-16(23(18)2)13-24-9-3-4-10-24/h7-8,15H,3-6,9-13H2,1-2H3/t15-/m1/s1. The highest BCUT2D eigenvalue weighted by molar-refractivity contribution is 5.43. The molecule has 4 heterocycles. The van der Waals surface area contributed by atoms with Gasteiger partial charge in [0.1, 0.15) is 17.5 Å². The van der Waals surface area contributed by atoms with Gasteiger partial charge in [-0.25, -0.2) is 4.98 Å². The highest BCUT2D eigenvalue weighted by Gasteiger charge is 2.28. The number of likely N-dealkylation sites (tertiary alicyclic amines) is 1. The lowest BCUT2D eigenvalue weighted by Crippen LogP contribution is -2.36. The second-order valence-electron chi connectivity index (χ2n) is 7.27. The van der Waals surface area contributed by atoms with Crippen LogP contribution in [-0.2, 0) is 13.6 Å². The number of rotatable bonds is 4. The average molecular weight is 341 g/mol. The molecule has 0 unspecified atom stereocenters. The lowest BCUT2D eigenvalue weighted by Gasteiger charge is -2.33. The van der Waals surface area contributed by atoms with Gasteiger partial charge in [-0.1, -0.05) is 0 Å². The van der Waals surface area contributed by atoms with E-state index in [0.717, 1.165) is 55.6 Å². The SMILES string of the molecule is Cc1nccnc1N1CCC[C@@H](c2nnc(CN3CCCC3)n2C)C1. The molecule has 4 rings (SSSR count). The average Bonchev–Trinajstić information content (AvgIpc) is 3.27. The molecule has 0 N–H and O–H groups in total. The van der Waals surface area contributed by atoms with Gasteiger partial charge in [0, 0.05) is 38.4 Å². The van der Waals surface area contributed by atoms with E-state index in [-0.39, 0.29) is 0 Å². The number of piperidine rings is 1. The zero-order chi connectivity index (χ0) is 17.2. The highest BCUT2D eigenvalue weighted by atomic mass is 15.3. The number of aryl methyl sites for hydroxylation is 1. The molecule has 1 atom stereocenters. The Bertz CT molecular complexity index is 720. The van der Waals surface area contributed by atoms with Crippen molar-refractivity contribution in [1.29, 1.82) is 0 Å². The molecule has 2 aromatic heterocycles. The van der Waals surface area contributed by atoms with Crippen molar-refractivity contribution < 1.29 is 0 Å². The Balaban J connectivity index is 1.50. The number of nitrogens with zero attached hydrogens (tertiary/aromatic N) is 7. The van der Waals surface area contributed by atoms with E-state index in [0.29, 0.717) is 5.92 Å². The zero-order valence-corrected chi connectivity index (χ0v) is 15.2. The van der Waals surface area contributed by atoms with Crippen molar-refractivity contribution in [2.24, 2.45) is 7.05 Å². The fraction of sp³-hybridized carbons (Fsp3) is 0.667. The molecule has 2 aliphatic rings. The van der Waals surface area contributed by atoms with E-state index in [1.807, 2.05) is 6.92 Å². The Labute approximate surface area is 149 Å². The molecule has 2 aliphatic heterocycles. The smallest absolute Gasteiger partial charge is 0.150 e. The molecule has 7 heteroatoms. The van der Waals surface area contributed by atoms with Crippen molar-refractivity contribution in [2.45, 2.75) is 45.1 Å². The van der Waals surface area contributed by atoms with E-state index in [9.17, 15) is 0 Å². The first-order valence-electron chi connectivity index (χ1n) is 9.35. The minimum absolute atomic E-state index is 0.403. The third-order valence-electron chi connectivity index (χ3n) is 5.50. The van der Waals surface area contributed by atoms with Crippen LogP contribution in [0.4, 0.5) is 5.82 Å². The summed E-state index contributed by atoms with van der Waals surface area (Å²) < 4.78 is 2.22. The Kier molecular flexibility index (Phi) is 4.65. The summed E-state index contributed by atoms with van der Waals surface area (Å²) in [5.74, 6) is 3.61. The van der Waals surface area contributed by atoms with Gasteiger partial charge >= 0.3 is 0 Å². The number of aromatic nitrogens is 5. The number of anilines is 1. The molecular weight excluding hydrogens is 314 g/mol. The first-order chi connectivity index (χ1) is 12.2. The second kappa shape index (κ2) is 7.07. The van der Waals surface area contributed by atoms with Gasteiger partial charge in [0.2, 0.25) is 0 Å². The molecule has 0 amide bonds. The van der Waals surface area contributed by atoms with Crippen molar-refractivity contribution in [3.63, 3.8) is 0 Å². The lowest BCUT2D eigenvalue weighted by atomic mass is 9.97. The van der Waals surface area contributed by atoms with Crippen LogP contribution in [0.3, 0.4) is 0 Å². The van der Waals surface area contributed by atoms with Crippen molar-refractivity contribution in [2.75, 3.05) is 31.1 Å². The van der Waals surface area contributed by atoms with Gasteiger partial charge in [0.25, 0.3) is 0 Å². The molecule has 0 bridgehead atoms. The molecule has 25 heavy (non-hydrogen) atoms. The van der Waals surface area contributed by atoms with Gasteiger partial charge in [0.05, 0.1) is 12.2 Å². The van der Waals surface area contributed by atoms with Gasteiger partial charge < -0.3 is 9.47 Å². The normalized spacial score (nSPS) is 21.8. The first-order valence-corrected chi connectivity index (χ1v) is 9.35. The molecule has 0 aliphatic carbocycles. The number of hydrogen-bond acceptors (Lipinski definition) is 6. The minimum Gasteiger partial charge on any atom is -0.354 e. The van der Waals surface area contributed by atoms with E-state index in [4.69, 9.17) is 0 Å². The van der Waals surface area contributed by atoms with Crippen molar-refractivity contribution in [1.82, 2.24) is 29.6 Å². The second-order valence-corrected chi connectivity index (χ2v) is 7.27. The summed E-state index contributed by atoms with van der Waals surface area (Å²) >= 11 is 0. The summed E-state index contributed by atoms with van der Waals surface area (Å²) in [6.45, 7) is 7.30. The topological polar surface area (TPSA) is 63.0 Å². The maximum Gasteiger partial charge on any atom is 0.150 e. The number of hydrogen-bond donors (Lipinski definition) is 0. The van der Waals surface area contributed by atoms with E-state index in [1.165, 1.54) is 25.9 Å². The third kappa shape index (κ3) is 3.38. The largest absolute Gasteiger partial charge is 0.354 e. The lowest BCUT2D eigenvalue weighted by molar-refractivity contribution is 0.317. The van der Waals surface area contributed by atoms with Gasteiger partial charge in [-0.15, -0.1) is 10.2 Å². The Morgan fingerprint density at radius 1 is 1.04 bits per heavy atom. The molecule has 134 valence electrons. The maximum atomic E-state index is 4.56. The molecule has 2 saturated heterocycles. The van der Waals surface area contributed by atoms with Crippen LogP contribution in [0.2, 0.25) is 0 Å². The summed E-state index contributed by atoms with van der Waals surface area (Å²) in [4.78, 5) is 13.8. The molecule has 0 radical (unpaired) electrons. The summed E-state index contributed by atoms with van der Waals surface area (Å²) in [7, 11) is 2.12. The first kappa shape index (κ1) is 16.4. The van der Waals surface area contributed by atoms with E-state index >= 15 is 0 Å². The monoisotopic (exact) mass is 341 g/mol. The van der Waals surface area contributed by atoms with Gasteiger partial charge in [-0.2, -0.15) is 0 Å². The summed E-state index contributed by atoms with van der Waals surface area (Å²) in [6, 6.07) is 0. The highest BCUT2D eigenvalue weighted by Crippen LogP contribution is 2.29. The van der Waals surface area contributed by atoms with Gasteiger partial charge in [-0.3, -0.25) is 9.88 Å². The molecule has 0 spiro atoms. The van der Waals surface area contributed by atoms with Crippen molar-refractivity contribution in [3.8, 4) is 0 Å². The maximum absolute atomic E-state index is 4.56. The molecule has 7 nitrogen and oxygen atoms in total. The predicted octanol–water partition coefficient (Wildman–Crippen LogP) is 1.89. The van der Waals surface area contributed by atoms with E-state index in [1.54, 1.807) is 12.4 Å². The fourth-order valence-electron chi connectivity index (χ4n) is 4.10. The third-order valence-corrected chi connectivity index (χ3v) is 5.50. The van der Waals surface area contributed by atoms with Crippen LogP contribution < -0.4 is 4.90 Å². The van der Waals surface area contributed by atoms with Crippen LogP contribution in [-0.4, -0.2) is 55.8 Å². The summed E-state index contributed by atoms with van der Waals surface area (Å²) in [5.41, 5.74) is 0.996. The van der Waals surface area contributed by atoms with Crippen LogP contribution >= 0.6 is 0 Å². The quantitative estimate of drug-likeness (QED) is 0.846.